The molecule has 0 aliphatic carbocycles. The van der Waals surface area contributed by atoms with Crippen LogP contribution < -0.4 is 5.32 Å². The zero-order valence-electron chi connectivity index (χ0n) is 20.6. The van der Waals surface area contributed by atoms with E-state index >= 15 is 0 Å². The van der Waals surface area contributed by atoms with Crippen LogP contribution in [-0.4, -0.2) is 61.8 Å². The van der Waals surface area contributed by atoms with Gasteiger partial charge in [-0.3, -0.25) is 4.79 Å². The molecular formula is C26H24F3N7O2. The van der Waals surface area contributed by atoms with Crippen LogP contribution in [0.5, 0.6) is 0 Å². The lowest BCUT2D eigenvalue weighted by molar-refractivity contribution is -0.140. The summed E-state index contributed by atoms with van der Waals surface area (Å²) >= 11 is 0. The van der Waals surface area contributed by atoms with Crippen molar-refractivity contribution >= 4 is 28.1 Å². The molecule has 1 unspecified atom stereocenters. The highest BCUT2D eigenvalue weighted by molar-refractivity contribution is 5.95. The van der Waals surface area contributed by atoms with Crippen molar-refractivity contribution in [3.05, 3.63) is 60.8 Å². The molecule has 4 heterocycles. The SMILES string of the molecule is COCCc1nc2cnc(-c3c[nH]c4ncc(-c5ccccc5)cc34)nc2n1C(C)C(=O)NCC(F)(F)F. The highest BCUT2D eigenvalue weighted by atomic mass is 19.4. The Bertz CT molecular complexity index is 1600. The first-order valence-electron chi connectivity index (χ1n) is 11.9. The average molecular weight is 524 g/mol. The fraction of sp³-hybridized carbons (Fsp3) is 0.269. The Hall–Kier alpha value is -4.32. The number of hydrogen-bond donors (Lipinski definition) is 2. The van der Waals surface area contributed by atoms with E-state index in [1.54, 1.807) is 12.4 Å². The Labute approximate surface area is 215 Å². The third kappa shape index (κ3) is 5.07. The molecule has 0 aliphatic rings. The molecule has 1 aromatic carbocycles. The number of nitrogens with one attached hydrogen (secondary N) is 2. The molecule has 0 saturated heterocycles. The normalized spacial score (nSPS) is 12.8. The minimum Gasteiger partial charge on any atom is -0.384 e. The molecule has 5 rings (SSSR count). The fourth-order valence-corrected chi connectivity index (χ4v) is 4.27. The summed E-state index contributed by atoms with van der Waals surface area (Å²) < 4.78 is 44.8. The molecule has 9 nitrogen and oxygen atoms in total. The van der Waals surface area contributed by atoms with Gasteiger partial charge in [0.1, 0.15) is 29.6 Å². The van der Waals surface area contributed by atoms with Crippen molar-refractivity contribution in [3.8, 4) is 22.5 Å². The lowest BCUT2D eigenvalue weighted by atomic mass is 10.1. The topological polar surface area (TPSA) is 111 Å². The highest BCUT2D eigenvalue weighted by Crippen LogP contribution is 2.30. The molecule has 2 N–H and O–H groups in total. The number of halogens is 3. The van der Waals surface area contributed by atoms with Crippen molar-refractivity contribution in [2.75, 3.05) is 20.3 Å². The highest BCUT2D eigenvalue weighted by Gasteiger charge is 2.30. The summed E-state index contributed by atoms with van der Waals surface area (Å²) in [6, 6.07) is 10.8. The zero-order chi connectivity index (χ0) is 26.9. The summed E-state index contributed by atoms with van der Waals surface area (Å²) in [5, 5.41) is 2.74. The summed E-state index contributed by atoms with van der Waals surface area (Å²) in [5.41, 5.74) is 4.01. The number of aromatic nitrogens is 6. The second-order valence-corrected chi connectivity index (χ2v) is 8.74. The van der Waals surface area contributed by atoms with Crippen LogP contribution in [0, 0.1) is 0 Å². The summed E-state index contributed by atoms with van der Waals surface area (Å²) in [7, 11) is 1.53. The number of imidazole rings is 1. The van der Waals surface area contributed by atoms with Gasteiger partial charge in [0.05, 0.1) is 12.8 Å². The van der Waals surface area contributed by atoms with Crippen molar-refractivity contribution < 1.29 is 22.7 Å². The number of fused-ring (bicyclic) bond motifs is 2. The van der Waals surface area contributed by atoms with Gasteiger partial charge in [-0.1, -0.05) is 30.3 Å². The van der Waals surface area contributed by atoms with Gasteiger partial charge in [-0.2, -0.15) is 13.2 Å². The van der Waals surface area contributed by atoms with E-state index in [1.165, 1.54) is 24.8 Å². The Balaban J connectivity index is 1.58. The number of rotatable bonds is 8. The van der Waals surface area contributed by atoms with Gasteiger partial charge in [0.15, 0.2) is 11.5 Å². The van der Waals surface area contributed by atoms with Crippen LogP contribution in [-0.2, 0) is 16.0 Å². The molecule has 38 heavy (non-hydrogen) atoms. The number of nitrogens with zero attached hydrogens (tertiary/aromatic N) is 5. The van der Waals surface area contributed by atoms with Crippen LogP contribution in [0.25, 0.3) is 44.7 Å². The predicted octanol–water partition coefficient (Wildman–Crippen LogP) is 4.47. The number of ether oxygens (including phenoxy) is 1. The molecule has 5 aromatic rings. The molecule has 12 heteroatoms. The Morgan fingerprint density at radius 1 is 1.13 bits per heavy atom. The number of hydrogen-bond acceptors (Lipinski definition) is 6. The Kier molecular flexibility index (Phi) is 6.81. The van der Waals surface area contributed by atoms with Crippen LogP contribution in [0.1, 0.15) is 18.8 Å². The molecule has 4 aromatic heterocycles. The molecular weight excluding hydrogens is 499 g/mol. The fourth-order valence-electron chi connectivity index (χ4n) is 4.27. The van der Waals surface area contributed by atoms with Gasteiger partial charge < -0.3 is 19.6 Å². The number of pyridine rings is 1. The second-order valence-electron chi connectivity index (χ2n) is 8.74. The van der Waals surface area contributed by atoms with Gasteiger partial charge >= 0.3 is 6.18 Å². The summed E-state index contributed by atoms with van der Waals surface area (Å²) in [4.78, 5) is 34.1. The zero-order valence-corrected chi connectivity index (χ0v) is 20.6. The van der Waals surface area contributed by atoms with Gasteiger partial charge in [0.2, 0.25) is 5.91 Å². The number of amides is 1. The number of alkyl halides is 3. The first-order valence-corrected chi connectivity index (χ1v) is 11.9. The average Bonchev–Trinajstić information content (AvgIpc) is 3.50. The minimum absolute atomic E-state index is 0.302. The van der Waals surface area contributed by atoms with Crippen molar-refractivity contribution in [2.24, 2.45) is 0 Å². The lowest BCUT2D eigenvalue weighted by Gasteiger charge is -2.17. The van der Waals surface area contributed by atoms with E-state index in [9.17, 15) is 18.0 Å². The number of carbonyl (C=O) groups is 1. The summed E-state index contributed by atoms with van der Waals surface area (Å²) in [6.45, 7) is 0.381. The third-order valence-corrected chi connectivity index (χ3v) is 6.14. The molecule has 196 valence electrons. The molecule has 0 radical (unpaired) electrons. The number of benzene rings is 1. The Morgan fingerprint density at radius 3 is 2.66 bits per heavy atom. The monoisotopic (exact) mass is 523 g/mol. The molecule has 0 bridgehead atoms. The van der Waals surface area contributed by atoms with Crippen LogP contribution in [0.3, 0.4) is 0 Å². The summed E-state index contributed by atoms with van der Waals surface area (Å²) in [6.07, 6.45) is 0.872. The van der Waals surface area contributed by atoms with E-state index in [0.29, 0.717) is 47.1 Å². The van der Waals surface area contributed by atoms with E-state index < -0.39 is 24.7 Å². The molecule has 0 fully saturated rings. The third-order valence-electron chi connectivity index (χ3n) is 6.14. The second kappa shape index (κ2) is 10.2. The number of carbonyl (C=O) groups excluding carboxylic acids is 1. The van der Waals surface area contributed by atoms with Crippen molar-refractivity contribution in [3.63, 3.8) is 0 Å². The largest absolute Gasteiger partial charge is 0.405 e. The van der Waals surface area contributed by atoms with E-state index in [2.05, 4.69) is 19.9 Å². The molecule has 1 atom stereocenters. The first kappa shape index (κ1) is 25.3. The quantitative estimate of drug-likeness (QED) is 0.311. The summed E-state index contributed by atoms with van der Waals surface area (Å²) in [5.74, 6) is 0.0114. The van der Waals surface area contributed by atoms with Crippen LogP contribution in [0.2, 0.25) is 0 Å². The first-order chi connectivity index (χ1) is 18.2. The van der Waals surface area contributed by atoms with Crippen LogP contribution >= 0.6 is 0 Å². The number of methoxy groups -OCH3 is 1. The predicted molar refractivity (Wildman–Crippen MR) is 135 cm³/mol. The van der Waals surface area contributed by atoms with E-state index in [4.69, 9.17) is 9.72 Å². The van der Waals surface area contributed by atoms with Crippen molar-refractivity contribution in [1.82, 2.24) is 34.8 Å². The van der Waals surface area contributed by atoms with Crippen LogP contribution in [0.4, 0.5) is 13.2 Å². The molecule has 0 aliphatic heterocycles. The van der Waals surface area contributed by atoms with Crippen molar-refractivity contribution in [2.45, 2.75) is 25.6 Å². The van der Waals surface area contributed by atoms with Gasteiger partial charge in [-0.25, -0.2) is 19.9 Å². The Morgan fingerprint density at radius 2 is 1.92 bits per heavy atom. The van der Waals surface area contributed by atoms with Gasteiger partial charge in [0.25, 0.3) is 0 Å². The lowest BCUT2D eigenvalue weighted by Crippen LogP contribution is -2.38. The van der Waals surface area contributed by atoms with Gasteiger partial charge in [-0.15, -0.1) is 0 Å². The molecule has 1 amide bonds. The van der Waals surface area contributed by atoms with Gasteiger partial charge in [0, 0.05) is 42.4 Å². The van der Waals surface area contributed by atoms with Crippen LogP contribution in [0.15, 0.2) is 55.0 Å². The maximum atomic E-state index is 12.7. The maximum Gasteiger partial charge on any atom is 0.405 e. The maximum absolute atomic E-state index is 12.7. The number of H-pyrrole nitrogens is 1. The van der Waals surface area contributed by atoms with Gasteiger partial charge in [-0.05, 0) is 18.6 Å². The van der Waals surface area contributed by atoms with Crippen molar-refractivity contribution in [1.29, 1.82) is 0 Å². The smallest absolute Gasteiger partial charge is 0.384 e. The van der Waals surface area contributed by atoms with E-state index in [0.717, 1.165) is 16.5 Å². The van der Waals surface area contributed by atoms with E-state index in [-0.39, 0.29) is 0 Å². The standard InChI is InChI=1S/C26H24F3N7O2/c1-15(25(37)33-14-26(27,28)29)36-21(8-9-38-2)34-20-13-32-23(35-24(20)36)19-12-31-22-18(19)10-17(11-30-22)16-6-4-3-5-7-16/h3-7,10-13,15H,8-9,14H2,1-2H3,(H,30,31)(H,33,37). The minimum atomic E-state index is -4.53. The number of aromatic amines is 1. The molecule has 0 spiro atoms. The van der Waals surface area contributed by atoms with E-state index in [1.807, 2.05) is 41.7 Å². The molecule has 0 saturated carbocycles.